The second kappa shape index (κ2) is 8.58. The minimum atomic E-state index is -0.549. The number of pyridine rings is 1. The molecular formula is C23H19N3O5. The standard InChI is InChI=1S/C23H19N3O5/c1-29-15-11-9-14(10-12-15)22(27)26-20-19-18(8-5-13-24-19)31-21(20)23(28)25-16-6-3-4-7-17(16)30-2/h3-13H,1-2H3,(H,25,28)(H,26,27). The number of rotatable bonds is 6. The number of carbonyl (C=O) groups excluding carboxylic acids is 2. The molecule has 4 aromatic rings. The summed E-state index contributed by atoms with van der Waals surface area (Å²) < 4.78 is 16.1. The van der Waals surface area contributed by atoms with Crippen LogP contribution in [0, 0.1) is 0 Å². The Morgan fingerprint density at radius 1 is 0.871 bits per heavy atom. The van der Waals surface area contributed by atoms with Crippen molar-refractivity contribution in [3.8, 4) is 11.5 Å². The van der Waals surface area contributed by atoms with E-state index in [2.05, 4.69) is 15.6 Å². The van der Waals surface area contributed by atoms with Gasteiger partial charge in [0.2, 0.25) is 5.76 Å². The number of hydrogen-bond donors (Lipinski definition) is 2. The van der Waals surface area contributed by atoms with Crippen LogP contribution in [0.3, 0.4) is 0 Å². The second-order valence-corrected chi connectivity index (χ2v) is 6.49. The third-order valence-electron chi connectivity index (χ3n) is 4.60. The summed E-state index contributed by atoms with van der Waals surface area (Å²) in [7, 11) is 3.06. The summed E-state index contributed by atoms with van der Waals surface area (Å²) in [5.74, 6) is 0.0918. The summed E-state index contributed by atoms with van der Waals surface area (Å²) in [6, 6.07) is 16.9. The van der Waals surface area contributed by atoms with Gasteiger partial charge in [-0.25, -0.2) is 0 Å². The van der Waals surface area contributed by atoms with Gasteiger partial charge < -0.3 is 24.5 Å². The van der Waals surface area contributed by atoms with E-state index < -0.39 is 11.8 Å². The number of fused-ring (bicyclic) bond motifs is 1. The fourth-order valence-corrected chi connectivity index (χ4v) is 3.06. The Morgan fingerprint density at radius 2 is 1.65 bits per heavy atom. The third-order valence-corrected chi connectivity index (χ3v) is 4.60. The fourth-order valence-electron chi connectivity index (χ4n) is 3.06. The predicted octanol–water partition coefficient (Wildman–Crippen LogP) is 4.35. The highest BCUT2D eigenvalue weighted by Crippen LogP contribution is 2.31. The molecule has 0 unspecified atom stereocenters. The molecule has 0 bridgehead atoms. The van der Waals surface area contributed by atoms with Crippen molar-refractivity contribution in [1.82, 2.24) is 4.98 Å². The molecule has 0 radical (unpaired) electrons. The molecule has 2 heterocycles. The summed E-state index contributed by atoms with van der Waals surface area (Å²) >= 11 is 0. The fraction of sp³-hybridized carbons (Fsp3) is 0.0870. The molecule has 31 heavy (non-hydrogen) atoms. The van der Waals surface area contributed by atoms with Crippen LogP contribution in [0.2, 0.25) is 0 Å². The minimum absolute atomic E-state index is 0.0681. The van der Waals surface area contributed by atoms with Crippen LogP contribution in [0.1, 0.15) is 20.9 Å². The zero-order valence-corrected chi connectivity index (χ0v) is 16.8. The van der Waals surface area contributed by atoms with Gasteiger partial charge in [0.25, 0.3) is 11.8 Å². The van der Waals surface area contributed by atoms with Gasteiger partial charge in [-0.1, -0.05) is 12.1 Å². The number of benzene rings is 2. The van der Waals surface area contributed by atoms with Crippen LogP contribution in [0.25, 0.3) is 11.1 Å². The smallest absolute Gasteiger partial charge is 0.293 e. The van der Waals surface area contributed by atoms with E-state index in [0.717, 1.165) is 0 Å². The van der Waals surface area contributed by atoms with E-state index in [-0.39, 0.29) is 11.4 Å². The van der Waals surface area contributed by atoms with E-state index >= 15 is 0 Å². The molecule has 2 aromatic carbocycles. The lowest BCUT2D eigenvalue weighted by molar-refractivity contribution is 0.0999. The molecule has 0 fully saturated rings. The zero-order chi connectivity index (χ0) is 21.8. The van der Waals surface area contributed by atoms with Gasteiger partial charge in [-0.05, 0) is 48.5 Å². The number of nitrogens with zero attached hydrogens (tertiary/aromatic N) is 1. The van der Waals surface area contributed by atoms with Gasteiger partial charge in [-0.2, -0.15) is 0 Å². The summed E-state index contributed by atoms with van der Waals surface area (Å²) in [6.45, 7) is 0. The summed E-state index contributed by atoms with van der Waals surface area (Å²) in [6.07, 6.45) is 1.56. The molecule has 4 rings (SSSR count). The molecule has 0 saturated heterocycles. The summed E-state index contributed by atoms with van der Waals surface area (Å²) in [5.41, 5.74) is 1.79. The van der Waals surface area contributed by atoms with Gasteiger partial charge >= 0.3 is 0 Å². The molecule has 0 saturated carbocycles. The third kappa shape index (κ3) is 4.04. The predicted molar refractivity (Wildman–Crippen MR) is 116 cm³/mol. The number of para-hydroxylation sites is 2. The molecule has 0 spiro atoms. The van der Waals surface area contributed by atoms with Crippen molar-refractivity contribution in [3.05, 3.63) is 78.2 Å². The number of carbonyl (C=O) groups is 2. The number of amides is 2. The number of aromatic nitrogens is 1. The average molecular weight is 417 g/mol. The highest BCUT2D eigenvalue weighted by atomic mass is 16.5. The van der Waals surface area contributed by atoms with Crippen LogP contribution in [0.5, 0.6) is 11.5 Å². The summed E-state index contributed by atoms with van der Waals surface area (Å²) in [4.78, 5) is 30.1. The Bertz CT molecular complexity index is 1250. The van der Waals surface area contributed by atoms with Crippen LogP contribution >= 0.6 is 0 Å². The van der Waals surface area contributed by atoms with Gasteiger partial charge in [-0.15, -0.1) is 0 Å². The molecule has 8 heteroatoms. The average Bonchev–Trinajstić information content (AvgIpc) is 3.18. The molecule has 8 nitrogen and oxygen atoms in total. The molecule has 156 valence electrons. The van der Waals surface area contributed by atoms with Crippen molar-refractivity contribution in [2.45, 2.75) is 0 Å². The Balaban J connectivity index is 1.68. The van der Waals surface area contributed by atoms with Crippen LogP contribution in [0.15, 0.2) is 71.3 Å². The first-order valence-electron chi connectivity index (χ1n) is 9.38. The molecule has 0 aliphatic heterocycles. The molecule has 0 aliphatic rings. The lowest BCUT2D eigenvalue weighted by Crippen LogP contribution is -2.17. The first-order valence-corrected chi connectivity index (χ1v) is 9.38. The number of methoxy groups -OCH3 is 2. The number of anilines is 2. The van der Waals surface area contributed by atoms with Crippen LogP contribution in [0.4, 0.5) is 11.4 Å². The van der Waals surface area contributed by atoms with E-state index in [9.17, 15) is 9.59 Å². The van der Waals surface area contributed by atoms with E-state index in [4.69, 9.17) is 13.9 Å². The second-order valence-electron chi connectivity index (χ2n) is 6.49. The van der Waals surface area contributed by atoms with Gasteiger partial charge in [-0.3, -0.25) is 14.6 Å². The van der Waals surface area contributed by atoms with E-state index in [0.29, 0.717) is 33.8 Å². The topological polar surface area (TPSA) is 103 Å². The largest absolute Gasteiger partial charge is 0.497 e. The SMILES string of the molecule is COc1ccc(C(=O)Nc2c(C(=O)Nc3ccccc3OC)oc3cccnc23)cc1. The maximum Gasteiger partial charge on any atom is 0.293 e. The van der Waals surface area contributed by atoms with Crippen LogP contribution in [-0.4, -0.2) is 31.0 Å². The maximum absolute atomic E-state index is 13.0. The van der Waals surface area contributed by atoms with E-state index in [1.807, 2.05) is 0 Å². The highest BCUT2D eigenvalue weighted by Gasteiger charge is 2.24. The van der Waals surface area contributed by atoms with Gasteiger partial charge in [0.1, 0.15) is 22.7 Å². The highest BCUT2D eigenvalue weighted by molar-refractivity contribution is 6.16. The normalized spacial score (nSPS) is 10.5. The molecule has 2 aromatic heterocycles. The number of ether oxygens (including phenoxy) is 2. The first-order chi connectivity index (χ1) is 15.1. The van der Waals surface area contributed by atoms with E-state index in [1.165, 1.54) is 7.11 Å². The Labute approximate surface area is 177 Å². The van der Waals surface area contributed by atoms with Crippen molar-refractivity contribution in [2.24, 2.45) is 0 Å². The minimum Gasteiger partial charge on any atom is -0.497 e. The molecule has 2 N–H and O–H groups in total. The van der Waals surface area contributed by atoms with Crippen LogP contribution in [-0.2, 0) is 0 Å². The van der Waals surface area contributed by atoms with Gasteiger partial charge in [0.05, 0.1) is 19.9 Å². The zero-order valence-electron chi connectivity index (χ0n) is 16.8. The Hall–Kier alpha value is -4.33. The molecule has 2 amide bonds. The van der Waals surface area contributed by atoms with Crippen molar-refractivity contribution in [1.29, 1.82) is 0 Å². The van der Waals surface area contributed by atoms with Crippen molar-refractivity contribution >= 4 is 34.3 Å². The molecule has 0 aliphatic carbocycles. The van der Waals surface area contributed by atoms with Crippen molar-refractivity contribution in [3.63, 3.8) is 0 Å². The number of hydrogen-bond acceptors (Lipinski definition) is 6. The van der Waals surface area contributed by atoms with Crippen molar-refractivity contribution < 1.29 is 23.5 Å². The first kappa shape index (κ1) is 20.0. The Morgan fingerprint density at radius 3 is 2.39 bits per heavy atom. The number of nitrogens with one attached hydrogen (secondary N) is 2. The molecule has 0 atom stereocenters. The molecular weight excluding hydrogens is 398 g/mol. The lowest BCUT2D eigenvalue weighted by Gasteiger charge is -2.10. The summed E-state index contributed by atoms with van der Waals surface area (Å²) in [5, 5.41) is 5.51. The van der Waals surface area contributed by atoms with E-state index in [1.54, 1.807) is 74.0 Å². The monoisotopic (exact) mass is 417 g/mol. The van der Waals surface area contributed by atoms with Crippen molar-refractivity contribution in [2.75, 3.05) is 24.9 Å². The quantitative estimate of drug-likeness (QED) is 0.484. The lowest BCUT2D eigenvalue weighted by atomic mass is 10.2. The van der Waals surface area contributed by atoms with Gasteiger partial charge in [0.15, 0.2) is 5.58 Å². The van der Waals surface area contributed by atoms with Gasteiger partial charge in [0, 0.05) is 11.8 Å². The Kier molecular flexibility index (Phi) is 5.53. The number of furan rings is 1. The van der Waals surface area contributed by atoms with Crippen LogP contribution < -0.4 is 20.1 Å². The maximum atomic E-state index is 13.0.